The first-order valence-electron chi connectivity index (χ1n) is 3.45. The van der Waals surface area contributed by atoms with Crippen LogP contribution in [0, 0.1) is 0 Å². The quantitative estimate of drug-likeness (QED) is 0.642. The average Bonchev–Trinajstić information content (AvgIpc) is 2.32. The lowest BCUT2D eigenvalue weighted by molar-refractivity contribution is 0.333. The van der Waals surface area contributed by atoms with E-state index in [2.05, 4.69) is 0 Å². The van der Waals surface area contributed by atoms with Crippen molar-refractivity contribution < 1.29 is 4.74 Å². The van der Waals surface area contributed by atoms with Gasteiger partial charge in [-0.25, -0.2) is 0 Å². The second-order valence-corrected chi connectivity index (χ2v) is 3.04. The summed E-state index contributed by atoms with van der Waals surface area (Å²) in [4.78, 5) is 0. The first kappa shape index (κ1) is 6.95. The Kier molecular flexibility index (Phi) is 1.51. The van der Waals surface area contributed by atoms with Crippen LogP contribution in [0.1, 0.15) is 11.6 Å². The van der Waals surface area contributed by atoms with Crippen molar-refractivity contribution in [2.75, 3.05) is 6.61 Å². The normalized spacial score (nSPS) is 21.1. The Hall–Kier alpha value is -0.730. The zero-order valence-electron chi connectivity index (χ0n) is 5.88. The number of hydrogen-bond acceptors (Lipinski definition) is 2. The molecule has 0 fully saturated rings. The van der Waals surface area contributed by atoms with E-state index in [0.717, 1.165) is 11.3 Å². The molecule has 1 heterocycles. The fraction of sp³-hybridized carbons (Fsp3) is 0.250. The van der Waals surface area contributed by atoms with Crippen molar-refractivity contribution in [3.05, 3.63) is 28.8 Å². The molecule has 0 saturated heterocycles. The van der Waals surface area contributed by atoms with Gasteiger partial charge in [0.25, 0.3) is 0 Å². The molecule has 11 heavy (non-hydrogen) atoms. The van der Waals surface area contributed by atoms with Crippen molar-refractivity contribution in [3.63, 3.8) is 0 Å². The summed E-state index contributed by atoms with van der Waals surface area (Å²) in [7, 11) is 0. The smallest absolute Gasteiger partial charge is 0.125 e. The Morgan fingerprint density at radius 2 is 2.36 bits per heavy atom. The van der Waals surface area contributed by atoms with Crippen LogP contribution in [0.25, 0.3) is 0 Å². The van der Waals surface area contributed by atoms with E-state index in [1.54, 1.807) is 6.07 Å². The minimum Gasteiger partial charge on any atom is -0.491 e. The monoisotopic (exact) mass is 169 g/mol. The highest BCUT2D eigenvalue weighted by Crippen LogP contribution is 2.32. The highest BCUT2D eigenvalue weighted by molar-refractivity contribution is 6.30. The molecule has 0 radical (unpaired) electrons. The molecule has 3 heteroatoms. The first-order valence-corrected chi connectivity index (χ1v) is 3.83. The van der Waals surface area contributed by atoms with Crippen LogP contribution in [0.4, 0.5) is 0 Å². The summed E-state index contributed by atoms with van der Waals surface area (Å²) >= 11 is 5.75. The van der Waals surface area contributed by atoms with Crippen molar-refractivity contribution >= 4 is 11.6 Å². The summed E-state index contributed by atoms with van der Waals surface area (Å²) in [5.41, 5.74) is 6.78. The summed E-state index contributed by atoms with van der Waals surface area (Å²) in [6.07, 6.45) is 0. The summed E-state index contributed by atoms with van der Waals surface area (Å²) in [6, 6.07) is 5.55. The van der Waals surface area contributed by atoms with Gasteiger partial charge in [0.1, 0.15) is 12.4 Å². The summed E-state index contributed by atoms with van der Waals surface area (Å²) in [5, 5.41) is 0.692. The van der Waals surface area contributed by atoms with Gasteiger partial charge in [-0.3, -0.25) is 0 Å². The van der Waals surface area contributed by atoms with Gasteiger partial charge in [0, 0.05) is 10.6 Å². The molecule has 2 rings (SSSR count). The Bertz CT molecular complexity index is 287. The summed E-state index contributed by atoms with van der Waals surface area (Å²) < 4.78 is 5.28. The molecule has 0 bridgehead atoms. The standard InChI is InChI=1S/C8H8ClNO/c9-5-1-2-6-7(10)4-11-8(6)3-5/h1-3,7H,4,10H2/t7-/m1/s1. The molecule has 1 aromatic rings. The molecule has 1 aliphatic rings. The highest BCUT2D eigenvalue weighted by atomic mass is 35.5. The molecule has 1 aromatic carbocycles. The molecule has 1 aliphatic heterocycles. The number of fused-ring (bicyclic) bond motifs is 1. The lowest BCUT2D eigenvalue weighted by atomic mass is 10.1. The van der Waals surface area contributed by atoms with Crippen molar-refractivity contribution in [2.45, 2.75) is 6.04 Å². The maximum Gasteiger partial charge on any atom is 0.125 e. The predicted octanol–water partition coefficient (Wildman–Crippen LogP) is 1.73. The van der Waals surface area contributed by atoms with Gasteiger partial charge in [-0.15, -0.1) is 0 Å². The van der Waals surface area contributed by atoms with E-state index >= 15 is 0 Å². The van der Waals surface area contributed by atoms with Gasteiger partial charge in [0.15, 0.2) is 0 Å². The number of ether oxygens (including phenoxy) is 1. The SMILES string of the molecule is N[C@@H]1COc2cc(Cl)ccc21. The lowest BCUT2D eigenvalue weighted by Crippen LogP contribution is -2.10. The zero-order chi connectivity index (χ0) is 7.84. The first-order chi connectivity index (χ1) is 5.27. The third-order valence-corrected chi connectivity index (χ3v) is 2.03. The molecule has 0 saturated carbocycles. The molecule has 0 spiro atoms. The summed E-state index contributed by atoms with van der Waals surface area (Å²) in [5.74, 6) is 0.824. The van der Waals surface area contributed by atoms with Crippen molar-refractivity contribution in [1.29, 1.82) is 0 Å². The van der Waals surface area contributed by atoms with Gasteiger partial charge in [0.2, 0.25) is 0 Å². The largest absolute Gasteiger partial charge is 0.491 e. The number of benzene rings is 1. The molecule has 0 aliphatic carbocycles. The van der Waals surface area contributed by atoms with E-state index in [0.29, 0.717) is 11.6 Å². The van der Waals surface area contributed by atoms with E-state index in [-0.39, 0.29) is 6.04 Å². The molecule has 0 aromatic heterocycles. The van der Waals surface area contributed by atoms with E-state index in [4.69, 9.17) is 22.1 Å². The van der Waals surface area contributed by atoms with Crippen molar-refractivity contribution in [1.82, 2.24) is 0 Å². The molecular formula is C8H8ClNO. The molecule has 1 atom stereocenters. The molecular weight excluding hydrogens is 162 g/mol. The zero-order valence-corrected chi connectivity index (χ0v) is 6.64. The Balaban J connectivity index is 2.50. The van der Waals surface area contributed by atoms with E-state index in [1.807, 2.05) is 12.1 Å². The van der Waals surface area contributed by atoms with E-state index < -0.39 is 0 Å². The van der Waals surface area contributed by atoms with Crippen LogP contribution in [0.3, 0.4) is 0 Å². The van der Waals surface area contributed by atoms with E-state index in [9.17, 15) is 0 Å². The number of hydrogen-bond donors (Lipinski definition) is 1. The molecule has 0 unspecified atom stereocenters. The molecule has 58 valence electrons. The number of halogens is 1. The van der Waals surface area contributed by atoms with Gasteiger partial charge in [-0.2, -0.15) is 0 Å². The maximum absolute atomic E-state index is 5.75. The van der Waals surface area contributed by atoms with Crippen LogP contribution in [0.2, 0.25) is 5.02 Å². The maximum atomic E-state index is 5.75. The van der Waals surface area contributed by atoms with Gasteiger partial charge < -0.3 is 10.5 Å². The predicted molar refractivity (Wildman–Crippen MR) is 43.9 cm³/mol. The minimum absolute atomic E-state index is 0.0160. The van der Waals surface area contributed by atoms with Crippen LogP contribution in [-0.2, 0) is 0 Å². The summed E-state index contributed by atoms with van der Waals surface area (Å²) in [6.45, 7) is 0.565. The molecule has 2 nitrogen and oxygen atoms in total. The fourth-order valence-corrected chi connectivity index (χ4v) is 1.37. The average molecular weight is 170 g/mol. The van der Waals surface area contributed by atoms with Crippen LogP contribution < -0.4 is 10.5 Å². The minimum atomic E-state index is 0.0160. The topological polar surface area (TPSA) is 35.2 Å². The molecule has 0 amide bonds. The third kappa shape index (κ3) is 1.08. The third-order valence-electron chi connectivity index (χ3n) is 1.79. The second kappa shape index (κ2) is 2.40. The van der Waals surface area contributed by atoms with Gasteiger partial charge in [-0.05, 0) is 12.1 Å². The van der Waals surface area contributed by atoms with Crippen LogP contribution >= 0.6 is 11.6 Å². The van der Waals surface area contributed by atoms with Gasteiger partial charge in [0.05, 0.1) is 6.04 Å². The van der Waals surface area contributed by atoms with Gasteiger partial charge >= 0.3 is 0 Å². The van der Waals surface area contributed by atoms with Crippen LogP contribution in [0.15, 0.2) is 18.2 Å². The Morgan fingerprint density at radius 3 is 3.18 bits per heavy atom. The lowest BCUT2D eigenvalue weighted by Gasteiger charge is -1.98. The van der Waals surface area contributed by atoms with Crippen molar-refractivity contribution in [3.8, 4) is 5.75 Å². The number of nitrogens with two attached hydrogens (primary N) is 1. The van der Waals surface area contributed by atoms with Crippen molar-refractivity contribution in [2.24, 2.45) is 5.73 Å². The fourth-order valence-electron chi connectivity index (χ4n) is 1.21. The Morgan fingerprint density at radius 1 is 1.55 bits per heavy atom. The molecule has 2 N–H and O–H groups in total. The highest BCUT2D eigenvalue weighted by Gasteiger charge is 2.19. The van der Waals surface area contributed by atoms with E-state index in [1.165, 1.54) is 0 Å². The van der Waals surface area contributed by atoms with Gasteiger partial charge in [-0.1, -0.05) is 17.7 Å². The second-order valence-electron chi connectivity index (χ2n) is 2.60. The van der Waals surface area contributed by atoms with Crippen LogP contribution in [0.5, 0.6) is 5.75 Å². The van der Waals surface area contributed by atoms with Crippen LogP contribution in [-0.4, -0.2) is 6.61 Å². The Labute approximate surface area is 69.9 Å². The number of rotatable bonds is 0.